The summed E-state index contributed by atoms with van der Waals surface area (Å²) in [6, 6.07) is -0.610. The number of aliphatic carboxylic acids is 2. The molecule has 0 radical (unpaired) electrons. The average molecular weight is 896 g/mol. The Balaban J connectivity index is 3.08. The highest BCUT2D eigenvalue weighted by Crippen LogP contribution is 2.14. The summed E-state index contributed by atoms with van der Waals surface area (Å²) in [5.74, 6) is -8.10. The third-order valence-electron chi connectivity index (χ3n) is 9.47. The summed E-state index contributed by atoms with van der Waals surface area (Å²) in [6.07, 6.45) is -2.56. The molecule has 1 aromatic rings. The van der Waals surface area contributed by atoms with Crippen molar-refractivity contribution in [1.82, 2.24) is 37.2 Å². The number of carboxylic acids is 2. The summed E-state index contributed by atoms with van der Waals surface area (Å²) in [5, 5.41) is 57.9. The van der Waals surface area contributed by atoms with Gasteiger partial charge >= 0.3 is 11.9 Å². The molecule has 21 heteroatoms. The summed E-state index contributed by atoms with van der Waals surface area (Å²) in [6.45, 7) is 10.8. The van der Waals surface area contributed by atoms with Gasteiger partial charge in [-0.2, -0.15) is 11.8 Å². The lowest BCUT2D eigenvalue weighted by Crippen LogP contribution is -2.59. The minimum absolute atomic E-state index is 0.0892. The normalized spacial score (nSPS) is 15.5. The molecule has 0 spiro atoms. The number of amides is 7. The standard InChI is InChI=1S/C41H65N7O13S/c1-21(2)18-29(46-38(57)28(16-17-62-8)45-39(58)34(22(3)4)43-25(7)50)31(51)20-32(52)48-35(24(6)49)40(59)42-23(5)36(55)44-27(14-15-33(53)54)37(56)47-30(41(60)61)19-26-12-10-9-11-13-26/h9-13,21-24,27-31,34-35,49,51H,14-20H2,1-8H3,(H,42,59)(H,43,50)(H,44,55)(H,45,58)(H,46,57)(H,47,56)(H,48,52)(H,53,54)(H,60,61)/t23-,24-,27-,28-,29?,30-,31?,34-,35-/m0/s1. The van der Waals surface area contributed by atoms with Gasteiger partial charge in [-0.25, -0.2) is 4.79 Å². The number of carbonyl (C=O) groups is 9. The van der Waals surface area contributed by atoms with Crippen LogP contribution in [0.4, 0.5) is 0 Å². The topological polar surface area (TPSA) is 319 Å². The second-order valence-corrected chi connectivity index (χ2v) is 16.9. The Bertz CT molecular complexity index is 1680. The lowest BCUT2D eigenvalue weighted by molar-refractivity contribution is -0.143. The fourth-order valence-electron chi connectivity index (χ4n) is 6.12. The van der Waals surface area contributed by atoms with Gasteiger partial charge in [0.15, 0.2) is 0 Å². The molecule has 0 saturated carbocycles. The van der Waals surface area contributed by atoms with Gasteiger partial charge in [-0.05, 0) is 62.5 Å². The van der Waals surface area contributed by atoms with Crippen molar-refractivity contribution < 1.29 is 63.6 Å². The highest BCUT2D eigenvalue weighted by Gasteiger charge is 2.34. The molecule has 0 saturated heterocycles. The van der Waals surface area contributed by atoms with E-state index in [0.717, 1.165) is 0 Å². The van der Waals surface area contributed by atoms with E-state index >= 15 is 0 Å². The number of benzene rings is 1. The highest BCUT2D eigenvalue weighted by atomic mass is 32.2. The molecule has 1 aromatic carbocycles. The maximum absolute atomic E-state index is 13.6. The Morgan fingerprint density at radius 1 is 0.645 bits per heavy atom. The van der Waals surface area contributed by atoms with Crippen molar-refractivity contribution in [2.24, 2.45) is 11.8 Å². The Morgan fingerprint density at radius 3 is 1.71 bits per heavy atom. The van der Waals surface area contributed by atoms with Gasteiger partial charge in [-0.1, -0.05) is 58.0 Å². The molecule has 0 heterocycles. The van der Waals surface area contributed by atoms with Gasteiger partial charge in [-0.15, -0.1) is 0 Å². The van der Waals surface area contributed by atoms with E-state index in [-0.39, 0.29) is 31.1 Å². The summed E-state index contributed by atoms with van der Waals surface area (Å²) < 4.78 is 0. The molecule has 0 aliphatic rings. The predicted octanol–water partition coefficient (Wildman–Crippen LogP) is -0.801. The number of carboxylic acid groups (broad SMARTS) is 2. The zero-order valence-corrected chi connectivity index (χ0v) is 37.4. The molecule has 7 amide bonds. The Hall–Kier alpha value is -5.28. The van der Waals surface area contributed by atoms with E-state index < -0.39 is 127 Å². The quantitative estimate of drug-likeness (QED) is 0.0491. The van der Waals surface area contributed by atoms with Gasteiger partial charge in [0.25, 0.3) is 0 Å². The van der Waals surface area contributed by atoms with E-state index in [1.54, 1.807) is 44.2 Å². The highest BCUT2D eigenvalue weighted by molar-refractivity contribution is 7.98. The van der Waals surface area contributed by atoms with Crippen LogP contribution in [0.15, 0.2) is 30.3 Å². The van der Waals surface area contributed by atoms with Crippen molar-refractivity contribution in [2.75, 3.05) is 12.0 Å². The van der Waals surface area contributed by atoms with Crippen LogP contribution in [0.2, 0.25) is 0 Å². The largest absolute Gasteiger partial charge is 0.481 e. The van der Waals surface area contributed by atoms with Crippen LogP contribution in [0, 0.1) is 11.8 Å². The molecule has 348 valence electrons. The second-order valence-electron chi connectivity index (χ2n) is 15.9. The van der Waals surface area contributed by atoms with Crippen LogP contribution in [-0.4, -0.2) is 140 Å². The van der Waals surface area contributed by atoms with Gasteiger partial charge in [0.1, 0.15) is 36.3 Å². The molecular weight excluding hydrogens is 831 g/mol. The van der Waals surface area contributed by atoms with Gasteiger partial charge in [0.2, 0.25) is 41.4 Å². The first-order valence-electron chi connectivity index (χ1n) is 20.4. The molecule has 1 rings (SSSR count). The predicted molar refractivity (Wildman–Crippen MR) is 229 cm³/mol. The SMILES string of the molecule is CSCC[C@H](NC(=O)[C@@H](NC(C)=O)C(C)C)C(=O)NC(CC(C)C)C(O)CC(=O)N[C@H](C(=O)N[C@@H](C)C(=O)N[C@@H](CCC(=O)O)C(=O)N[C@@H](Cc1ccccc1)C(=O)O)[C@H](C)O. The van der Waals surface area contributed by atoms with E-state index in [1.165, 1.54) is 32.5 Å². The van der Waals surface area contributed by atoms with Gasteiger partial charge < -0.3 is 57.6 Å². The summed E-state index contributed by atoms with van der Waals surface area (Å²) in [7, 11) is 0. The van der Waals surface area contributed by atoms with Crippen LogP contribution < -0.4 is 37.2 Å². The lowest BCUT2D eigenvalue weighted by Gasteiger charge is -2.30. The van der Waals surface area contributed by atoms with Gasteiger partial charge in [-0.3, -0.25) is 38.4 Å². The number of nitrogens with one attached hydrogen (secondary N) is 7. The molecule has 2 unspecified atom stereocenters. The number of hydrogen-bond donors (Lipinski definition) is 11. The number of aliphatic hydroxyl groups is 2. The molecule has 0 aromatic heterocycles. The molecule has 62 heavy (non-hydrogen) atoms. The zero-order valence-electron chi connectivity index (χ0n) is 36.6. The van der Waals surface area contributed by atoms with Crippen LogP contribution in [-0.2, 0) is 49.6 Å². The molecular formula is C41H65N7O13S. The molecule has 9 atom stereocenters. The Kier molecular flexibility index (Phi) is 24.4. The molecule has 0 fully saturated rings. The van der Waals surface area contributed by atoms with E-state index in [9.17, 15) is 63.6 Å². The van der Waals surface area contributed by atoms with Crippen molar-refractivity contribution in [1.29, 1.82) is 0 Å². The number of rotatable bonds is 28. The van der Waals surface area contributed by atoms with Crippen molar-refractivity contribution >= 4 is 65.1 Å². The number of aliphatic hydroxyl groups excluding tert-OH is 2. The molecule has 11 N–H and O–H groups in total. The van der Waals surface area contributed by atoms with E-state index in [0.29, 0.717) is 11.3 Å². The summed E-state index contributed by atoms with van der Waals surface area (Å²) >= 11 is 1.44. The average Bonchev–Trinajstić information content (AvgIpc) is 3.17. The molecule has 0 aliphatic carbocycles. The van der Waals surface area contributed by atoms with Crippen molar-refractivity contribution in [3.63, 3.8) is 0 Å². The minimum Gasteiger partial charge on any atom is -0.481 e. The van der Waals surface area contributed by atoms with E-state index in [1.807, 2.05) is 20.1 Å². The second kappa shape index (κ2) is 27.6. The molecule has 0 aliphatic heterocycles. The summed E-state index contributed by atoms with van der Waals surface area (Å²) in [4.78, 5) is 115. The van der Waals surface area contributed by atoms with Crippen molar-refractivity contribution in [2.45, 2.75) is 141 Å². The molecule has 20 nitrogen and oxygen atoms in total. The number of thioether (sulfide) groups is 1. The Labute approximate surface area is 366 Å². The van der Waals surface area contributed by atoms with Crippen LogP contribution in [0.25, 0.3) is 0 Å². The van der Waals surface area contributed by atoms with Crippen molar-refractivity contribution in [3.8, 4) is 0 Å². The van der Waals surface area contributed by atoms with E-state index in [4.69, 9.17) is 0 Å². The molecule has 0 bridgehead atoms. The summed E-state index contributed by atoms with van der Waals surface area (Å²) in [5.41, 5.74) is 0.591. The van der Waals surface area contributed by atoms with Gasteiger partial charge in [0.05, 0.1) is 24.7 Å². The van der Waals surface area contributed by atoms with Crippen molar-refractivity contribution in [3.05, 3.63) is 35.9 Å². The zero-order chi connectivity index (χ0) is 47.3. The number of hydrogen-bond acceptors (Lipinski definition) is 12. The third-order valence-corrected chi connectivity index (χ3v) is 10.1. The van der Waals surface area contributed by atoms with E-state index in [2.05, 4.69) is 37.2 Å². The first-order chi connectivity index (χ1) is 29.0. The third kappa shape index (κ3) is 20.5. The maximum atomic E-state index is 13.6. The van der Waals surface area contributed by atoms with Crippen LogP contribution in [0.1, 0.15) is 86.1 Å². The van der Waals surface area contributed by atoms with Crippen LogP contribution >= 0.6 is 11.8 Å². The number of carbonyl (C=O) groups excluding carboxylic acids is 7. The maximum Gasteiger partial charge on any atom is 0.326 e. The van der Waals surface area contributed by atoms with Gasteiger partial charge in [0, 0.05) is 19.8 Å². The van der Waals surface area contributed by atoms with Crippen LogP contribution in [0.5, 0.6) is 0 Å². The van der Waals surface area contributed by atoms with Crippen LogP contribution in [0.3, 0.4) is 0 Å². The Morgan fingerprint density at radius 2 is 1.19 bits per heavy atom. The fraction of sp³-hybridized carbons (Fsp3) is 0.634. The minimum atomic E-state index is -1.66. The first kappa shape index (κ1) is 54.7. The fourth-order valence-corrected chi connectivity index (χ4v) is 6.59. The smallest absolute Gasteiger partial charge is 0.326 e. The lowest BCUT2D eigenvalue weighted by atomic mass is 9.96. The monoisotopic (exact) mass is 895 g/mol. The first-order valence-corrected chi connectivity index (χ1v) is 21.8.